The molecular weight excluding hydrogens is 1530 g/mol. The minimum Gasteiger partial charge on any atom is -0.391 e. The van der Waals surface area contributed by atoms with E-state index < -0.39 is 294 Å². The number of carbonyl (C=O) groups is 11. The van der Waals surface area contributed by atoms with Crippen LogP contribution in [0.15, 0.2) is 0 Å². The fourth-order valence-electron chi connectivity index (χ4n) is 10.2. The second kappa shape index (κ2) is 48.2. The molecule has 107 heavy (non-hydrogen) atoms. The maximum atomic E-state index is 14.9. The van der Waals surface area contributed by atoms with Crippen molar-refractivity contribution >= 4 is 116 Å². The van der Waals surface area contributed by atoms with Gasteiger partial charge in [-0.15, -0.1) is 0 Å². The number of rotatable bonds is 44. The first-order valence-electron chi connectivity index (χ1n) is 34.4. The van der Waals surface area contributed by atoms with Gasteiger partial charge < -0.3 is 95.3 Å². The first-order chi connectivity index (χ1) is 49.4. The van der Waals surface area contributed by atoms with E-state index in [1.807, 2.05) is 13.8 Å². The molecule has 0 aromatic carbocycles. The standard InChI is InChI=1S/C58H110N16O28S5/c1-9-35(6)12-10-11-13-46(77)65-38(14-20-59-28-103(88,89)90)53(82)74-48(37(8)76)58(87)70-41(17-23-62-31-106(97,98)99)50(79)68-43-19-25-64-57(86)47(36(7)75)73-54(83)42(18-24-63-32-107(100,101)102)67-49(78)39(15-21-60-29-104(91,92)93)69-55(84)44(26-33(2)3)72-56(85)45(27-34(4)5)71-52(81)40(66-51(43)80)16-22-61-30-105(94,95)96/h33-45,47-48,59-63,75-76H,9-32H2,1-8H3,(H,64,86)(H,65,77)(H,66,80)(H,67,78)(H,68,79)(H,69,84)(H,70,87)(H,71,81)(H,72,85)(H,73,83)(H,74,82)(H,88,89,90)(H,91,92,93)(H,94,95,96)(H,97,98,99)(H,100,101,102)/t35-,36+,37+,38-,39-,40-,41-,42-,43-,44-,45+,47-,48-/m0/s1. The molecule has 1 aliphatic heterocycles. The molecule has 0 aliphatic carbocycles. The van der Waals surface area contributed by atoms with Crippen LogP contribution in [0.3, 0.4) is 0 Å². The zero-order valence-corrected chi connectivity index (χ0v) is 65.0. The third kappa shape index (κ3) is 45.3. The second-order valence-corrected chi connectivity index (χ2v) is 33.9. The molecule has 13 atom stereocenters. The Kier molecular flexibility index (Phi) is 44.3. The Bertz CT molecular complexity index is 3520. The van der Waals surface area contributed by atoms with Crippen LogP contribution in [-0.2, 0) is 103 Å². The number of unbranched alkanes of at least 4 members (excludes halogenated alkanes) is 1. The van der Waals surface area contributed by atoms with Crippen LogP contribution in [0.1, 0.15) is 139 Å². The number of aliphatic hydroxyl groups excluding tert-OH is 2. The van der Waals surface area contributed by atoms with E-state index in [1.165, 1.54) is 0 Å². The van der Waals surface area contributed by atoms with Gasteiger partial charge in [-0.05, 0) is 122 Å². The lowest BCUT2D eigenvalue weighted by Gasteiger charge is -2.29. The Labute approximate surface area is 623 Å². The highest BCUT2D eigenvalue weighted by molar-refractivity contribution is 7.86. The summed E-state index contributed by atoms with van der Waals surface area (Å²) in [6.45, 7) is 9.25. The van der Waals surface area contributed by atoms with E-state index in [1.54, 1.807) is 27.7 Å². The normalized spacial score (nSPS) is 21.5. The summed E-state index contributed by atoms with van der Waals surface area (Å²) in [4.78, 5) is 158. The minimum absolute atomic E-state index is 0.0847. The van der Waals surface area contributed by atoms with E-state index in [-0.39, 0.29) is 32.2 Å². The van der Waals surface area contributed by atoms with Crippen molar-refractivity contribution in [1.82, 2.24) is 85.1 Å². The largest absolute Gasteiger partial charge is 0.391 e. The number of carbonyl (C=O) groups excluding carboxylic acids is 11. The smallest absolute Gasteiger partial charge is 0.278 e. The van der Waals surface area contributed by atoms with Gasteiger partial charge in [0.05, 0.1) is 12.2 Å². The third-order valence-corrected chi connectivity index (χ3v) is 18.7. The van der Waals surface area contributed by atoms with E-state index >= 15 is 0 Å². The number of amides is 11. The monoisotopic (exact) mass is 1640 g/mol. The molecule has 0 aromatic rings. The van der Waals surface area contributed by atoms with Gasteiger partial charge in [0.15, 0.2) is 0 Å². The van der Waals surface area contributed by atoms with Crippen molar-refractivity contribution in [2.24, 2.45) is 17.8 Å². The molecule has 44 nitrogen and oxygen atoms in total. The number of nitrogens with one attached hydrogen (secondary N) is 16. The van der Waals surface area contributed by atoms with Crippen molar-refractivity contribution in [1.29, 1.82) is 0 Å². The average Bonchev–Trinajstić information content (AvgIpc) is 1.17. The number of hydrogen-bond acceptors (Lipinski definition) is 28. The molecular formula is C58H110N16O28S5. The predicted molar refractivity (Wildman–Crippen MR) is 382 cm³/mol. The van der Waals surface area contributed by atoms with Gasteiger partial charge in [-0.25, -0.2) is 0 Å². The van der Waals surface area contributed by atoms with Crippen molar-refractivity contribution in [2.75, 3.05) is 68.7 Å². The molecule has 1 rings (SSSR count). The van der Waals surface area contributed by atoms with E-state index in [2.05, 4.69) is 85.1 Å². The van der Waals surface area contributed by atoms with Gasteiger partial charge in [-0.1, -0.05) is 60.8 Å². The molecule has 0 aromatic heterocycles. The highest BCUT2D eigenvalue weighted by Gasteiger charge is 2.38. The molecule has 1 heterocycles. The summed E-state index contributed by atoms with van der Waals surface area (Å²) < 4.78 is 163. The lowest BCUT2D eigenvalue weighted by atomic mass is 9.99. The first-order valence-corrected chi connectivity index (χ1v) is 42.4. The molecule has 620 valence electrons. The van der Waals surface area contributed by atoms with E-state index in [0.29, 0.717) is 18.8 Å². The fourth-order valence-corrected chi connectivity index (χ4v) is 12.2. The zero-order chi connectivity index (χ0) is 81.8. The molecule has 1 fully saturated rings. The summed E-state index contributed by atoms with van der Waals surface area (Å²) in [5.41, 5.74) is 0. The zero-order valence-electron chi connectivity index (χ0n) is 60.9. The quantitative estimate of drug-likeness (QED) is 0.0199. The summed E-state index contributed by atoms with van der Waals surface area (Å²) in [7, 11) is -23.5. The van der Waals surface area contributed by atoms with Crippen LogP contribution in [0.4, 0.5) is 0 Å². The Morgan fingerprint density at radius 2 is 0.804 bits per heavy atom. The van der Waals surface area contributed by atoms with Crippen LogP contribution >= 0.6 is 0 Å². The van der Waals surface area contributed by atoms with Gasteiger partial charge in [0.2, 0.25) is 65.0 Å². The first kappa shape index (κ1) is 98.4. The van der Waals surface area contributed by atoms with Gasteiger partial charge >= 0.3 is 0 Å². The number of hydrogen-bond donors (Lipinski definition) is 23. The predicted octanol–water partition coefficient (Wildman–Crippen LogP) is -8.06. The summed E-state index contributed by atoms with van der Waals surface area (Å²) >= 11 is 0. The molecule has 1 aliphatic rings. The van der Waals surface area contributed by atoms with Gasteiger partial charge in [-0.2, -0.15) is 42.1 Å². The van der Waals surface area contributed by atoms with Gasteiger partial charge in [0.25, 0.3) is 50.6 Å². The minimum atomic E-state index is -4.77. The average molecular weight is 1640 g/mol. The fraction of sp³-hybridized carbons (Fsp3) is 0.810. The summed E-state index contributed by atoms with van der Waals surface area (Å²) in [6, 6.07) is -18.5. The van der Waals surface area contributed by atoms with Crippen LogP contribution < -0.4 is 85.1 Å². The van der Waals surface area contributed by atoms with Crippen molar-refractivity contribution < 1.29 is 128 Å². The van der Waals surface area contributed by atoms with Crippen LogP contribution in [-0.4, -0.2) is 281 Å². The van der Waals surface area contributed by atoms with Crippen LogP contribution in [0.5, 0.6) is 0 Å². The summed E-state index contributed by atoms with van der Waals surface area (Å²) in [5, 5.41) is 59.7. The summed E-state index contributed by atoms with van der Waals surface area (Å²) in [5.74, 6) is -19.1. The second-order valence-electron chi connectivity index (χ2n) is 26.7. The lowest BCUT2D eigenvalue weighted by Crippen LogP contribution is -2.62. The van der Waals surface area contributed by atoms with Crippen LogP contribution in [0.25, 0.3) is 0 Å². The highest BCUT2D eigenvalue weighted by atomic mass is 32.2. The molecule has 49 heteroatoms. The van der Waals surface area contributed by atoms with Crippen molar-refractivity contribution in [3.05, 3.63) is 0 Å². The Morgan fingerprint density at radius 1 is 0.439 bits per heavy atom. The maximum absolute atomic E-state index is 14.9. The SMILES string of the molecule is CC[C@H](C)CCCCC(=O)N[C@@H](CCNCS(=O)(=O)O)C(=O)N[C@H](C(=O)N[C@@H](CCNCS(=O)(=O)O)C(=O)N[C@H]1CCNC(=O)[C@H]([C@@H](C)O)NC(=O)[C@H](CCNCS(=O)(=O)O)NC(=O)[C@H](CCNCS(=O)(=O)O)NC(=O)[C@H](CC(C)C)NC(=O)[C@@H](CC(C)C)NC(=O)[C@H](CCNCS(=O)(=O)O)NC1=O)[C@@H](C)O. The van der Waals surface area contributed by atoms with Gasteiger partial charge in [-0.3, -0.25) is 75.5 Å². The van der Waals surface area contributed by atoms with Gasteiger partial charge in [0, 0.05) is 13.0 Å². The third-order valence-electron chi connectivity index (χ3n) is 15.9. The molecule has 0 spiro atoms. The van der Waals surface area contributed by atoms with Gasteiger partial charge in [0.1, 0.15) is 89.8 Å². The Morgan fingerprint density at radius 3 is 1.18 bits per heavy atom. The van der Waals surface area contributed by atoms with Crippen molar-refractivity contribution in [3.63, 3.8) is 0 Å². The van der Waals surface area contributed by atoms with E-state index in [9.17, 15) is 128 Å². The molecule has 23 N–H and O–H groups in total. The highest BCUT2D eigenvalue weighted by Crippen LogP contribution is 2.15. The molecule has 0 radical (unpaired) electrons. The molecule has 0 unspecified atom stereocenters. The van der Waals surface area contributed by atoms with Crippen LogP contribution in [0, 0.1) is 17.8 Å². The topological polar surface area (TPSA) is 693 Å². The Hall–Kier alpha value is -6.56. The van der Waals surface area contributed by atoms with Crippen LogP contribution in [0.2, 0.25) is 0 Å². The number of aliphatic hydroxyl groups is 2. The molecule has 0 saturated carbocycles. The Balaban J connectivity index is 4.33. The lowest BCUT2D eigenvalue weighted by molar-refractivity contribution is -0.137. The maximum Gasteiger partial charge on any atom is 0.278 e. The van der Waals surface area contributed by atoms with E-state index in [4.69, 9.17) is 0 Å². The molecule has 11 amide bonds. The summed E-state index contributed by atoms with van der Waals surface area (Å²) in [6.07, 6.45) is -5.23. The van der Waals surface area contributed by atoms with Crippen molar-refractivity contribution in [2.45, 2.75) is 211 Å². The molecule has 0 bridgehead atoms. The molecule has 1 saturated heterocycles. The van der Waals surface area contributed by atoms with Crippen molar-refractivity contribution in [3.8, 4) is 0 Å². The van der Waals surface area contributed by atoms with E-state index in [0.717, 1.165) is 26.7 Å².